The molecule has 1 heterocycles. The molecule has 0 aromatic rings. The van der Waals surface area contributed by atoms with Crippen LogP contribution in [-0.2, 0) is 4.79 Å². The normalized spacial score (nSPS) is 20.8. The van der Waals surface area contributed by atoms with E-state index in [-0.39, 0.29) is 35.8 Å². The Morgan fingerprint density at radius 2 is 1.65 bits per heavy atom. The molecule has 6 heteroatoms. The Bertz CT molecular complexity index is 375. The molecule has 1 saturated carbocycles. The second kappa shape index (κ2) is 11.1. The summed E-state index contributed by atoms with van der Waals surface area (Å²) in [6.07, 6.45) is 8.29. The number of likely N-dealkylation sites (tertiary alicyclic amines) is 1. The van der Waals surface area contributed by atoms with Gasteiger partial charge < -0.3 is 15.5 Å². The van der Waals surface area contributed by atoms with Gasteiger partial charge in [0, 0.05) is 39.1 Å². The van der Waals surface area contributed by atoms with E-state index in [2.05, 4.69) is 27.4 Å². The van der Waals surface area contributed by atoms with E-state index in [4.69, 9.17) is 0 Å². The van der Waals surface area contributed by atoms with Crippen molar-refractivity contribution in [3.8, 4) is 0 Å². The molecule has 1 aliphatic heterocycles. The Morgan fingerprint density at radius 3 is 2.26 bits per heavy atom. The van der Waals surface area contributed by atoms with Crippen LogP contribution in [0.25, 0.3) is 0 Å². The Kier molecular flexibility index (Phi) is 9.90. The highest BCUT2D eigenvalue weighted by Crippen LogP contribution is 2.23. The topological polar surface area (TPSA) is 56.7 Å². The highest BCUT2D eigenvalue weighted by Gasteiger charge is 2.21. The van der Waals surface area contributed by atoms with Crippen LogP contribution in [0.15, 0.2) is 4.99 Å². The minimum absolute atomic E-state index is 0. The Hall–Kier alpha value is -0.530. The number of piperidine rings is 1. The molecule has 2 N–H and O–H groups in total. The average Bonchev–Trinajstić information content (AvgIpc) is 2.56. The number of hydrogen-bond acceptors (Lipinski definition) is 2. The molecule has 2 fully saturated rings. The standard InChI is InChI=1S/C17H32N4O.HI/c1-14-8-12-21(13-9-14)17(18-2)20-11-10-19-16(22)15-6-4-3-5-7-15;/h14-15H,3-13H2,1-2H3,(H,18,20)(H,19,22);1H. The third-order valence-electron chi connectivity index (χ3n) is 4.98. The van der Waals surface area contributed by atoms with Crippen molar-refractivity contribution >= 4 is 35.8 Å². The molecule has 0 radical (unpaired) electrons. The second-order valence-corrected chi connectivity index (χ2v) is 6.77. The molecule has 0 unspecified atom stereocenters. The zero-order valence-corrected chi connectivity index (χ0v) is 17.0. The number of amides is 1. The first-order valence-electron chi connectivity index (χ1n) is 8.94. The second-order valence-electron chi connectivity index (χ2n) is 6.77. The fourth-order valence-corrected chi connectivity index (χ4v) is 3.42. The van der Waals surface area contributed by atoms with Gasteiger partial charge in [0.2, 0.25) is 5.91 Å². The molecule has 2 rings (SSSR count). The van der Waals surface area contributed by atoms with E-state index in [1.807, 2.05) is 7.05 Å². The molecule has 134 valence electrons. The summed E-state index contributed by atoms with van der Waals surface area (Å²) in [7, 11) is 1.83. The van der Waals surface area contributed by atoms with E-state index in [0.29, 0.717) is 6.54 Å². The summed E-state index contributed by atoms with van der Waals surface area (Å²) < 4.78 is 0. The van der Waals surface area contributed by atoms with Gasteiger partial charge >= 0.3 is 0 Å². The van der Waals surface area contributed by atoms with Crippen LogP contribution < -0.4 is 10.6 Å². The molecular weight excluding hydrogens is 403 g/mol. The summed E-state index contributed by atoms with van der Waals surface area (Å²) in [5, 5.41) is 6.44. The quantitative estimate of drug-likeness (QED) is 0.308. The Morgan fingerprint density at radius 1 is 1.04 bits per heavy atom. The van der Waals surface area contributed by atoms with Gasteiger partial charge in [-0.2, -0.15) is 0 Å². The third kappa shape index (κ3) is 6.85. The summed E-state index contributed by atoms with van der Waals surface area (Å²) in [4.78, 5) is 18.8. The Labute approximate surface area is 158 Å². The van der Waals surface area contributed by atoms with Crippen molar-refractivity contribution in [2.75, 3.05) is 33.2 Å². The van der Waals surface area contributed by atoms with Gasteiger partial charge in [-0.25, -0.2) is 0 Å². The molecule has 1 saturated heterocycles. The van der Waals surface area contributed by atoms with E-state index >= 15 is 0 Å². The van der Waals surface area contributed by atoms with Gasteiger partial charge in [-0.3, -0.25) is 9.79 Å². The van der Waals surface area contributed by atoms with Crippen LogP contribution in [0.5, 0.6) is 0 Å². The lowest BCUT2D eigenvalue weighted by molar-refractivity contribution is -0.125. The van der Waals surface area contributed by atoms with Crippen molar-refractivity contribution in [2.45, 2.75) is 51.9 Å². The third-order valence-corrected chi connectivity index (χ3v) is 4.98. The zero-order chi connectivity index (χ0) is 15.8. The molecule has 23 heavy (non-hydrogen) atoms. The summed E-state index contributed by atoms with van der Waals surface area (Å²) in [6, 6.07) is 0. The fraction of sp³-hybridized carbons (Fsp3) is 0.882. The number of halogens is 1. The van der Waals surface area contributed by atoms with Crippen LogP contribution in [0, 0.1) is 11.8 Å². The van der Waals surface area contributed by atoms with E-state index in [9.17, 15) is 4.79 Å². The monoisotopic (exact) mass is 436 g/mol. The maximum atomic E-state index is 12.1. The van der Waals surface area contributed by atoms with E-state index in [1.54, 1.807) is 0 Å². The van der Waals surface area contributed by atoms with Crippen molar-refractivity contribution in [3.05, 3.63) is 0 Å². The molecule has 0 atom stereocenters. The largest absolute Gasteiger partial charge is 0.354 e. The summed E-state index contributed by atoms with van der Waals surface area (Å²) in [5.74, 6) is 2.28. The van der Waals surface area contributed by atoms with Crippen molar-refractivity contribution in [3.63, 3.8) is 0 Å². The van der Waals surface area contributed by atoms with Gasteiger partial charge in [0.05, 0.1) is 0 Å². The molecule has 0 bridgehead atoms. The molecule has 0 spiro atoms. The minimum Gasteiger partial charge on any atom is -0.354 e. The predicted octanol–water partition coefficient (Wildman–Crippen LogP) is 2.61. The van der Waals surface area contributed by atoms with Crippen LogP contribution in [0.4, 0.5) is 0 Å². The smallest absolute Gasteiger partial charge is 0.223 e. The molecule has 5 nitrogen and oxygen atoms in total. The number of nitrogens with one attached hydrogen (secondary N) is 2. The van der Waals surface area contributed by atoms with Gasteiger partial charge in [-0.05, 0) is 31.6 Å². The number of rotatable bonds is 4. The van der Waals surface area contributed by atoms with Gasteiger partial charge in [-0.15, -0.1) is 24.0 Å². The number of hydrogen-bond donors (Lipinski definition) is 2. The van der Waals surface area contributed by atoms with Gasteiger partial charge in [0.15, 0.2) is 5.96 Å². The van der Waals surface area contributed by atoms with E-state index in [1.165, 1.54) is 32.1 Å². The lowest BCUT2D eigenvalue weighted by Crippen LogP contribution is -2.47. The van der Waals surface area contributed by atoms with Crippen LogP contribution in [-0.4, -0.2) is 50.0 Å². The summed E-state index contributed by atoms with van der Waals surface area (Å²) in [6.45, 7) is 5.90. The summed E-state index contributed by atoms with van der Waals surface area (Å²) in [5.41, 5.74) is 0. The first kappa shape index (κ1) is 20.5. The first-order valence-corrected chi connectivity index (χ1v) is 8.94. The molecule has 0 aromatic carbocycles. The molecule has 0 aromatic heterocycles. The lowest BCUT2D eigenvalue weighted by atomic mass is 9.89. The number of aliphatic imine (C=N–C) groups is 1. The molecule has 1 aliphatic carbocycles. The first-order chi connectivity index (χ1) is 10.7. The van der Waals surface area contributed by atoms with Crippen LogP contribution in [0.2, 0.25) is 0 Å². The van der Waals surface area contributed by atoms with Gasteiger partial charge in [0.1, 0.15) is 0 Å². The lowest BCUT2D eigenvalue weighted by Gasteiger charge is -2.33. The van der Waals surface area contributed by atoms with E-state index < -0.39 is 0 Å². The Balaban J connectivity index is 0.00000264. The average molecular weight is 436 g/mol. The number of guanidine groups is 1. The zero-order valence-electron chi connectivity index (χ0n) is 14.6. The maximum Gasteiger partial charge on any atom is 0.223 e. The summed E-state index contributed by atoms with van der Waals surface area (Å²) >= 11 is 0. The number of nitrogens with zero attached hydrogens (tertiary/aromatic N) is 2. The fourth-order valence-electron chi connectivity index (χ4n) is 3.42. The SMILES string of the molecule is CN=C(NCCNC(=O)C1CCCCC1)N1CCC(C)CC1.I. The minimum atomic E-state index is 0. The van der Waals surface area contributed by atoms with Crippen LogP contribution in [0.3, 0.4) is 0 Å². The molecule has 2 aliphatic rings. The van der Waals surface area contributed by atoms with Crippen molar-refractivity contribution in [1.29, 1.82) is 0 Å². The molecular formula is C17H33IN4O. The van der Waals surface area contributed by atoms with Crippen molar-refractivity contribution < 1.29 is 4.79 Å². The van der Waals surface area contributed by atoms with Gasteiger partial charge in [-0.1, -0.05) is 26.2 Å². The predicted molar refractivity (Wildman–Crippen MR) is 106 cm³/mol. The van der Waals surface area contributed by atoms with Crippen molar-refractivity contribution in [1.82, 2.24) is 15.5 Å². The highest BCUT2D eigenvalue weighted by atomic mass is 127. The van der Waals surface area contributed by atoms with Crippen LogP contribution >= 0.6 is 24.0 Å². The highest BCUT2D eigenvalue weighted by molar-refractivity contribution is 14.0. The van der Waals surface area contributed by atoms with E-state index in [0.717, 1.165) is 44.4 Å². The van der Waals surface area contributed by atoms with Crippen LogP contribution in [0.1, 0.15) is 51.9 Å². The number of carbonyl (C=O) groups is 1. The molecule has 1 amide bonds. The van der Waals surface area contributed by atoms with Gasteiger partial charge in [0.25, 0.3) is 0 Å². The van der Waals surface area contributed by atoms with Crippen molar-refractivity contribution in [2.24, 2.45) is 16.8 Å². The number of carbonyl (C=O) groups excluding carboxylic acids is 1. The maximum absolute atomic E-state index is 12.1.